The van der Waals surface area contributed by atoms with Gasteiger partial charge in [-0.2, -0.15) is 0 Å². The minimum Gasteiger partial charge on any atom is -0.496 e. The van der Waals surface area contributed by atoms with Crippen molar-refractivity contribution in [2.75, 3.05) is 17.3 Å². The number of thioether (sulfide) groups is 1. The fourth-order valence-electron chi connectivity index (χ4n) is 5.43. The molecule has 1 aromatic heterocycles. The lowest BCUT2D eigenvalue weighted by molar-refractivity contribution is -0.122. The van der Waals surface area contributed by atoms with Crippen molar-refractivity contribution in [3.8, 4) is 5.75 Å². The Morgan fingerprint density at radius 2 is 1.76 bits per heavy atom. The molecule has 4 aromatic rings. The summed E-state index contributed by atoms with van der Waals surface area (Å²) in [6, 6.07) is 21.2. The third-order valence-corrected chi connectivity index (χ3v) is 10.1. The van der Waals surface area contributed by atoms with Crippen LogP contribution in [0.3, 0.4) is 0 Å². The Balaban J connectivity index is 1.43. The zero-order valence-electron chi connectivity index (χ0n) is 22.0. The molecule has 208 valence electrons. The number of halogens is 1. The summed E-state index contributed by atoms with van der Waals surface area (Å²) in [4.78, 5) is 55.7. The van der Waals surface area contributed by atoms with E-state index in [9.17, 15) is 19.2 Å². The van der Waals surface area contributed by atoms with Crippen molar-refractivity contribution in [3.05, 3.63) is 103 Å². The molecule has 6 rings (SSSR count). The first-order chi connectivity index (χ1) is 19.8. The van der Waals surface area contributed by atoms with Crippen LogP contribution < -0.4 is 19.8 Å². The summed E-state index contributed by atoms with van der Waals surface area (Å²) in [6.45, 7) is 1.69. The number of carbonyl (C=O) groups excluding carboxylic acids is 3. The average Bonchev–Trinajstić information content (AvgIpc) is 3.39. The average molecular weight is 606 g/mol. The molecule has 0 radical (unpaired) electrons. The third kappa shape index (κ3) is 4.86. The first-order valence-corrected chi connectivity index (χ1v) is 14.9. The van der Waals surface area contributed by atoms with E-state index in [4.69, 9.17) is 16.3 Å². The van der Waals surface area contributed by atoms with E-state index in [1.807, 2.05) is 43.3 Å². The molecule has 1 saturated heterocycles. The number of aromatic nitrogens is 1. The van der Waals surface area contributed by atoms with Crippen LogP contribution >= 0.6 is 34.7 Å². The molecule has 3 aromatic carbocycles. The molecule has 0 saturated carbocycles. The lowest BCUT2D eigenvalue weighted by Gasteiger charge is -2.31. The van der Waals surface area contributed by atoms with Crippen molar-refractivity contribution in [3.63, 3.8) is 0 Å². The molecule has 41 heavy (non-hydrogen) atoms. The number of nitrogens with one attached hydrogen (secondary N) is 1. The number of methoxy groups -OCH3 is 1. The number of benzene rings is 3. The van der Waals surface area contributed by atoms with Gasteiger partial charge in [-0.1, -0.05) is 65.0 Å². The number of hydrogen-bond acceptors (Lipinski definition) is 7. The van der Waals surface area contributed by atoms with Gasteiger partial charge in [-0.3, -0.25) is 23.7 Å². The van der Waals surface area contributed by atoms with Crippen LogP contribution in [0.1, 0.15) is 21.9 Å². The van der Waals surface area contributed by atoms with Crippen LogP contribution in [0.4, 0.5) is 11.4 Å². The molecular weight excluding hydrogens is 582 g/mol. The van der Waals surface area contributed by atoms with Crippen LogP contribution in [0.15, 0.2) is 82.6 Å². The van der Waals surface area contributed by atoms with Gasteiger partial charge < -0.3 is 10.1 Å². The highest BCUT2D eigenvalue weighted by atomic mass is 35.5. The van der Waals surface area contributed by atoms with Crippen molar-refractivity contribution >= 4 is 63.8 Å². The maximum absolute atomic E-state index is 14.0. The van der Waals surface area contributed by atoms with E-state index in [0.717, 1.165) is 16.9 Å². The van der Waals surface area contributed by atoms with Crippen LogP contribution in [-0.4, -0.2) is 34.6 Å². The lowest BCUT2D eigenvalue weighted by atomic mass is 9.82. The van der Waals surface area contributed by atoms with E-state index in [-0.39, 0.29) is 29.1 Å². The molecule has 3 amide bonds. The van der Waals surface area contributed by atoms with Crippen molar-refractivity contribution in [2.24, 2.45) is 5.92 Å². The molecule has 11 heteroatoms. The standard InChI is InChI=1S/C30H24ClN3O5S2/c1-16-6-5-7-18(14-16)32-22(35)15-33-29-26(41-30(33)38)23(20-8-3-4-9-21(20)39-2)24-25(40-29)28(37)34(27(24)36)19-12-10-17(31)11-13-19/h3-14,23-25H,15H2,1-2H3,(H,32,35)/t23-,24?,25?/m1/s1. The van der Waals surface area contributed by atoms with E-state index in [0.29, 0.717) is 37.6 Å². The van der Waals surface area contributed by atoms with Crippen molar-refractivity contribution in [1.29, 1.82) is 0 Å². The van der Waals surface area contributed by atoms with Crippen molar-refractivity contribution in [1.82, 2.24) is 4.57 Å². The highest BCUT2D eigenvalue weighted by Gasteiger charge is 2.57. The van der Waals surface area contributed by atoms with Gasteiger partial charge in [0.1, 0.15) is 17.5 Å². The summed E-state index contributed by atoms with van der Waals surface area (Å²) in [5, 5.41) is 3.04. The Kier molecular flexibility index (Phi) is 7.23. The summed E-state index contributed by atoms with van der Waals surface area (Å²) >= 11 is 8.22. The Labute approximate surface area is 248 Å². The van der Waals surface area contributed by atoms with Gasteiger partial charge in [0.15, 0.2) is 0 Å². The zero-order chi connectivity index (χ0) is 28.8. The monoisotopic (exact) mass is 605 g/mol. The number of imide groups is 1. The maximum atomic E-state index is 14.0. The minimum atomic E-state index is -0.805. The van der Waals surface area contributed by atoms with E-state index < -0.39 is 17.1 Å². The number of fused-ring (bicyclic) bond motifs is 2. The van der Waals surface area contributed by atoms with E-state index >= 15 is 0 Å². The number of rotatable bonds is 6. The SMILES string of the molecule is COc1ccccc1[C@H]1c2sc(=O)n(CC(=O)Nc3cccc(C)c3)c2SC2C(=O)N(c3ccc(Cl)cc3)C(=O)C21. The number of hydrogen-bond donors (Lipinski definition) is 1. The largest absolute Gasteiger partial charge is 0.496 e. The summed E-state index contributed by atoms with van der Waals surface area (Å²) in [5.74, 6) is -1.97. The summed E-state index contributed by atoms with van der Waals surface area (Å²) in [7, 11) is 1.54. The first-order valence-electron chi connectivity index (χ1n) is 12.8. The van der Waals surface area contributed by atoms with Gasteiger partial charge in [-0.05, 0) is 55.0 Å². The predicted molar refractivity (Wildman–Crippen MR) is 160 cm³/mol. The quantitative estimate of drug-likeness (QED) is 0.299. The first kappa shape index (κ1) is 27.3. The number of anilines is 2. The fourth-order valence-corrected chi connectivity index (χ4v) is 8.32. The Hall–Kier alpha value is -3.86. The number of carbonyl (C=O) groups is 3. The number of aryl methyl sites for hydroxylation is 1. The normalized spacial score (nSPS) is 19.6. The molecule has 2 unspecified atom stereocenters. The second-order valence-electron chi connectivity index (χ2n) is 9.81. The van der Waals surface area contributed by atoms with E-state index in [2.05, 4.69) is 5.32 Å². The van der Waals surface area contributed by atoms with Crippen LogP contribution in [0.5, 0.6) is 5.75 Å². The number of thiazole rings is 1. The third-order valence-electron chi connectivity index (χ3n) is 7.21. The Morgan fingerprint density at radius 3 is 2.49 bits per heavy atom. The number of nitrogens with zero attached hydrogens (tertiary/aromatic N) is 2. The molecule has 0 aliphatic carbocycles. The van der Waals surface area contributed by atoms with Crippen LogP contribution in [0.2, 0.25) is 5.02 Å². The maximum Gasteiger partial charge on any atom is 0.308 e. The lowest BCUT2D eigenvalue weighted by Crippen LogP contribution is -2.33. The van der Waals surface area contributed by atoms with E-state index in [1.165, 1.54) is 21.2 Å². The molecule has 1 fully saturated rings. The Bertz CT molecular complexity index is 1750. The zero-order valence-corrected chi connectivity index (χ0v) is 24.4. The van der Waals surface area contributed by atoms with Gasteiger partial charge in [0.2, 0.25) is 17.7 Å². The van der Waals surface area contributed by atoms with Gasteiger partial charge in [-0.25, -0.2) is 4.90 Å². The van der Waals surface area contributed by atoms with Gasteiger partial charge in [-0.15, -0.1) is 0 Å². The van der Waals surface area contributed by atoms with Crippen molar-refractivity contribution in [2.45, 2.75) is 29.7 Å². The van der Waals surface area contributed by atoms with Crippen LogP contribution in [-0.2, 0) is 20.9 Å². The summed E-state index contributed by atoms with van der Waals surface area (Å²) in [5.41, 5.74) is 2.74. The molecule has 0 spiro atoms. The van der Waals surface area contributed by atoms with Crippen LogP contribution in [0, 0.1) is 12.8 Å². The smallest absolute Gasteiger partial charge is 0.308 e. The van der Waals surface area contributed by atoms with E-state index in [1.54, 1.807) is 43.5 Å². The summed E-state index contributed by atoms with van der Waals surface area (Å²) < 4.78 is 7.05. The molecular formula is C30H24ClN3O5S2. The van der Waals surface area contributed by atoms with Gasteiger partial charge in [0.25, 0.3) is 0 Å². The fraction of sp³-hybridized carbons (Fsp3) is 0.200. The molecule has 2 aliphatic heterocycles. The van der Waals surface area contributed by atoms with Gasteiger partial charge >= 0.3 is 4.87 Å². The molecule has 1 N–H and O–H groups in total. The highest BCUT2D eigenvalue weighted by Crippen LogP contribution is 2.55. The second-order valence-corrected chi connectivity index (χ2v) is 12.4. The summed E-state index contributed by atoms with van der Waals surface area (Å²) in [6.07, 6.45) is 0. The molecule has 0 bridgehead atoms. The van der Waals surface area contributed by atoms with Gasteiger partial charge in [0, 0.05) is 27.1 Å². The Morgan fingerprint density at radius 1 is 1.00 bits per heavy atom. The minimum absolute atomic E-state index is 0.231. The molecule has 3 heterocycles. The second kappa shape index (κ2) is 10.8. The number of amides is 3. The van der Waals surface area contributed by atoms with Crippen molar-refractivity contribution < 1.29 is 19.1 Å². The van der Waals surface area contributed by atoms with Crippen LogP contribution in [0.25, 0.3) is 0 Å². The topological polar surface area (TPSA) is 97.7 Å². The number of para-hydroxylation sites is 1. The molecule has 2 aliphatic rings. The van der Waals surface area contributed by atoms with Gasteiger partial charge in [0.05, 0.1) is 23.7 Å². The predicted octanol–water partition coefficient (Wildman–Crippen LogP) is 5.31. The number of ether oxygens (including phenoxy) is 1. The molecule has 3 atom stereocenters. The molecule has 8 nitrogen and oxygen atoms in total. The highest BCUT2D eigenvalue weighted by molar-refractivity contribution is 8.00.